The number of nitro groups is 1. The lowest BCUT2D eigenvalue weighted by molar-refractivity contribution is -0.385. The molecule has 2 aromatic rings. The minimum Gasteiger partial charge on any atom is -0.365 e. The van der Waals surface area contributed by atoms with Gasteiger partial charge in [-0.1, -0.05) is 42.8 Å². The number of hydrazone groups is 1. The zero-order chi connectivity index (χ0) is 18.9. The third kappa shape index (κ3) is 3.07. The summed E-state index contributed by atoms with van der Waals surface area (Å²) < 4.78 is 0. The van der Waals surface area contributed by atoms with Gasteiger partial charge in [0.15, 0.2) is 5.72 Å². The van der Waals surface area contributed by atoms with Crippen molar-refractivity contribution in [3.05, 3.63) is 74.8 Å². The number of carbonyl (C=O) groups is 1. The van der Waals surface area contributed by atoms with Gasteiger partial charge >= 0.3 is 0 Å². The Hall–Kier alpha value is -2.77. The number of rotatable bonds is 4. The van der Waals surface area contributed by atoms with Crippen molar-refractivity contribution in [3.63, 3.8) is 0 Å². The molecule has 8 heteroatoms. The van der Waals surface area contributed by atoms with E-state index >= 15 is 0 Å². The topological polar surface area (TPSA) is 96.0 Å². The molecule has 1 N–H and O–H groups in total. The molecule has 0 saturated heterocycles. The van der Waals surface area contributed by atoms with Crippen molar-refractivity contribution in [2.75, 3.05) is 0 Å². The van der Waals surface area contributed by atoms with E-state index in [1.54, 1.807) is 24.3 Å². The summed E-state index contributed by atoms with van der Waals surface area (Å²) in [4.78, 5) is 23.6. The fourth-order valence-corrected chi connectivity index (χ4v) is 3.02. The van der Waals surface area contributed by atoms with Crippen LogP contribution in [0.25, 0.3) is 0 Å². The van der Waals surface area contributed by atoms with E-state index in [9.17, 15) is 20.0 Å². The van der Waals surface area contributed by atoms with Gasteiger partial charge in [0.05, 0.1) is 4.92 Å². The number of aliphatic hydroxyl groups is 1. The number of benzene rings is 2. The highest BCUT2D eigenvalue weighted by Crippen LogP contribution is 2.38. The van der Waals surface area contributed by atoms with Crippen molar-refractivity contribution < 1.29 is 14.8 Å². The quantitative estimate of drug-likeness (QED) is 0.652. The highest BCUT2D eigenvalue weighted by molar-refractivity contribution is 6.30. The molecule has 3 rings (SSSR count). The lowest BCUT2D eigenvalue weighted by Gasteiger charge is -2.31. The fraction of sp³-hybridized carbons (Fsp3) is 0.222. The molecule has 134 valence electrons. The second-order valence-corrected chi connectivity index (χ2v) is 6.35. The first-order chi connectivity index (χ1) is 12.4. The summed E-state index contributed by atoms with van der Waals surface area (Å²) in [5.74, 6) is -0.738. The molecule has 1 amide bonds. The Kier molecular flexibility index (Phi) is 4.76. The molecule has 0 spiro atoms. The first-order valence-electron chi connectivity index (χ1n) is 7.99. The summed E-state index contributed by atoms with van der Waals surface area (Å²) in [6.45, 7) is 1.86. The Morgan fingerprint density at radius 3 is 2.58 bits per heavy atom. The van der Waals surface area contributed by atoms with E-state index < -0.39 is 16.6 Å². The molecular formula is C18H16ClN3O4. The lowest BCUT2D eigenvalue weighted by Crippen LogP contribution is -2.43. The Labute approximate surface area is 154 Å². The predicted molar refractivity (Wildman–Crippen MR) is 97.0 cm³/mol. The van der Waals surface area contributed by atoms with Crippen LogP contribution < -0.4 is 0 Å². The Bertz CT molecular complexity index is 898. The highest BCUT2D eigenvalue weighted by Gasteiger charge is 2.46. The Balaban J connectivity index is 2.08. The molecule has 0 radical (unpaired) electrons. The molecule has 1 heterocycles. The summed E-state index contributed by atoms with van der Waals surface area (Å²) in [6.07, 6.45) is 0.661. The number of hydrogen-bond acceptors (Lipinski definition) is 5. The standard InChI is InChI=1S/C18H16ClN3O4/c1-2-14-11-18(24,12-7-9-13(19)10-8-12)21(20-14)17(23)15-5-3-4-6-16(15)22(25)26/h3-10,24H,2,11H2,1H3/t18-/m1/s1. The third-order valence-corrected chi connectivity index (χ3v) is 4.53. The molecule has 0 unspecified atom stereocenters. The van der Waals surface area contributed by atoms with Gasteiger partial charge in [0.2, 0.25) is 0 Å². The van der Waals surface area contributed by atoms with Gasteiger partial charge in [-0.15, -0.1) is 0 Å². The number of halogens is 1. The second-order valence-electron chi connectivity index (χ2n) is 5.91. The summed E-state index contributed by atoms with van der Waals surface area (Å²) >= 11 is 5.90. The number of amides is 1. The fourth-order valence-electron chi connectivity index (χ4n) is 2.90. The molecule has 0 saturated carbocycles. The number of nitrogens with zero attached hydrogens (tertiary/aromatic N) is 3. The van der Waals surface area contributed by atoms with E-state index in [1.165, 1.54) is 24.3 Å². The molecule has 1 aliphatic heterocycles. The van der Waals surface area contributed by atoms with Crippen LogP contribution >= 0.6 is 11.6 Å². The van der Waals surface area contributed by atoms with Gasteiger partial charge in [-0.25, -0.2) is 0 Å². The highest BCUT2D eigenvalue weighted by atomic mass is 35.5. The van der Waals surface area contributed by atoms with Crippen molar-refractivity contribution in [1.29, 1.82) is 0 Å². The van der Waals surface area contributed by atoms with E-state index in [4.69, 9.17) is 11.6 Å². The average Bonchev–Trinajstić information content (AvgIpc) is 2.99. The van der Waals surface area contributed by atoms with Crippen LogP contribution in [0.2, 0.25) is 5.02 Å². The number of nitro benzene ring substituents is 1. The zero-order valence-corrected chi connectivity index (χ0v) is 14.7. The average molecular weight is 374 g/mol. The molecule has 0 bridgehead atoms. The molecule has 0 aromatic heterocycles. The van der Waals surface area contributed by atoms with Gasteiger partial charge in [0.1, 0.15) is 5.56 Å². The summed E-state index contributed by atoms with van der Waals surface area (Å²) in [5.41, 5.74) is -1.14. The van der Waals surface area contributed by atoms with E-state index in [1.807, 2.05) is 6.92 Å². The maximum atomic E-state index is 13.0. The molecule has 0 fully saturated rings. The van der Waals surface area contributed by atoms with Crippen molar-refractivity contribution in [2.45, 2.75) is 25.5 Å². The van der Waals surface area contributed by atoms with Crippen LogP contribution in [0.15, 0.2) is 53.6 Å². The van der Waals surface area contributed by atoms with Crippen LogP contribution in [-0.2, 0) is 5.72 Å². The largest absolute Gasteiger partial charge is 0.365 e. The van der Waals surface area contributed by atoms with E-state index in [2.05, 4.69) is 5.10 Å². The van der Waals surface area contributed by atoms with E-state index in [0.29, 0.717) is 22.7 Å². The van der Waals surface area contributed by atoms with Crippen LogP contribution in [0.5, 0.6) is 0 Å². The smallest absolute Gasteiger partial charge is 0.283 e. The maximum absolute atomic E-state index is 13.0. The zero-order valence-electron chi connectivity index (χ0n) is 13.9. The van der Waals surface area contributed by atoms with Crippen molar-refractivity contribution in [1.82, 2.24) is 5.01 Å². The van der Waals surface area contributed by atoms with Crippen molar-refractivity contribution in [3.8, 4) is 0 Å². The molecule has 0 aliphatic carbocycles. The third-order valence-electron chi connectivity index (χ3n) is 4.28. The second kappa shape index (κ2) is 6.86. The van der Waals surface area contributed by atoms with Gasteiger partial charge in [-0.3, -0.25) is 14.9 Å². The van der Waals surface area contributed by atoms with Crippen LogP contribution in [0.1, 0.15) is 35.7 Å². The van der Waals surface area contributed by atoms with Crippen LogP contribution in [0.4, 0.5) is 5.69 Å². The molecular weight excluding hydrogens is 358 g/mol. The van der Waals surface area contributed by atoms with Crippen LogP contribution in [0, 0.1) is 10.1 Å². The minimum absolute atomic E-state index is 0.123. The van der Waals surface area contributed by atoms with Gasteiger partial charge in [0.25, 0.3) is 11.6 Å². The van der Waals surface area contributed by atoms with E-state index in [0.717, 1.165) is 5.01 Å². The molecule has 1 aliphatic rings. The maximum Gasteiger partial charge on any atom is 0.283 e. The van der Waals surface area contributed by atoms with Crippen LogP contribution in [0.3, 0.4) is 0 Å². The van der Waals surface area contributed by atoms with Crippen molar-refractivity contribution >= 4 is 28.9 Å². The van der Waals surface area contributed by atoms with Gasteiger partial charge in [-0.2, -0.15) is 10.1 Å². The monoisotopic (exact) mass is 373 g/mol. The summed E-state index contributed by atoms with van der Waals surface area (Å²) in [7, 11) is 0. The normalized spacial score (nSPS) is 19.3. The lowest BCUT2D eigenvalue weighted by atomic mass is 9.96. The van der Waals surface area contributed by atoms with Gasteiger partial charge in [-0.05, 0) is 24.6 Å². The van der Waals surface area contributed by atoms with Crippen molar-refractivity contribution in [2.24, 2.45) is 5.10 Å². The van der Waals surface area contributed by atoms with Crippen LogP contribution in [-0.4, -0.2) is 26.7 Å². The Morgan fingerprint density at radius 2 is 1.96 bits per heavy atom. The molecule has 7 nitrogen and oxygen atoms in total. The van der Waals surface area contributed by atoms with Gasteiger partial charge in [0, 0.05) is 28.8 Å². The molecule has 2 aromatic carbocycles. The molecule has 1 atom stereocenters. The summed E-state index contributed by atoms with van der Waals surface area (Å²) in [6, 6.07) is 12.0. The molecule has 26 heavy (non-hydrogen) atoms. The SMILES string of the molecule is CCC1=NN(C(=O)c2ccccc2[N+](=O)[O-])[C@](O)(c2ccc(Cl)cc2)C1. The number of carbonyl (C=O) groups excluding carboxylic acids is 1. The predicted octanol–water partition coefficient (Wildman–Crippen LogP) is 3.71. The van der Waals surface area contributed by atoms with E-state index in [-0.39, 0.29) is 17.7 Å². The first kappa shape index (κ1) is 18.0. The number of hydrogen-bond donors (Lipinski definition) is 1. The first-order valence-corrected chi connectivity index (χ1v) is 8.37. The van der Waals surface area contributed by atoms with Gasteiger partial charge < -0.3 is 5.11 Å². The number of para-hydroxylation sites is 1. The minimum atomic E-state index is -1.73. The Morgan fingerprint density at radius 1 is 1.31 bits per heavy atom. The summed E-state index contributed by atoms with van der Waals surface area (Å²) in [5, 5.41) is 28.2.